The number of aromatic nitrogens is 1. The van der Waals surface area contributed by atoms with E-state index in [-0.39, 0.29) is 0 Å². The van der Waals surface area contributed by atoms with Gasteiger partial charge in [-0.05, 0) is 60.7 Å². The molecule has 0 bridgehead atoms. The van der Waals surface area contributed by atoms with Crippen molar-refractivity contribution in [2.24, 2.45) is 5.92 Å². The lowest BCUT2D eigenvalue weighted by atomic mass is 9.96. The molecule has 0 aliphatic carbocycles. The molecule has 0 spiro atoms. The molecule has 1 unspecified atom stereocenters. The van der Waals surface area contributed by atoms with E-state index in [9.17, 15) is 0 Å². The summed E-state index contributed by atoms with van der Waals surface area (Å²) in [6, 6.07) is 14.9. The molecule has 3 nitrogen and oxygen atoms in total. The highest BCUT2D eigenvalue weighted by atomic mass is 79.9. The minimum atomic E-state index is 0.469. The van der Waals surface area contributed by atoms with Gasteiger partial charge in [0.25, 0.3) is 0 Å². The number of benzene rings is 2. The first kappa shape index (κ1) is 20.9. The van der Waals surface area contributed by atoms with Crippen LogP contribution < -0.4 is 10.1 Å². The van der Waals surface area contributed by atoms with Crippen LogP contribution in [0.15, 0.2) is 46.9 Å². The van der Waals surface area contributed by atoms with Gasteiger partial charge in [-0.1, -0.05) is 47.2 Å². The summed E-state index contributed by atoms with van der Waals surface area (Å²) in [5, 5.41) is 4.37. The van der Waals surface area contributed by atoms with E-state index in [1.807, 2.05) is 13.1 Å². The van der Waals surface area contributed by atoms with Gasteiger partial charge >= 0.3 is 0 Å². The van der Waals surface area contributed by atoms with Crippen molar-refractivity contribution in [1.82, 2.24) is 9.88 Å². The number of methoxy groups -OCH3 is 1. The van der Waals surface area contributed by atoms with E-state index >= 15 is 0 Å². The lowest BCUT2D eigenvalue weighted by molar-refractivity contribution is 0.415. The maximum absolute atomic E-state index is 5.50. The van der Waals surface area contributed by atoms with E-state index < -0.39 is 0 Å². The second-order valence-corrected chi connectivity index (χ2v) is 8.75. The number of ether oxygens (including phenoxy) is 1. The van der Waals surface area contributed by atoms with Crippen LogP contribution >= 0.6 is 28.1 Å². The first-order chi connectivity index (χ1) is 13.4. The Hall–Kier alpha value is -1.85. The van der Waals surface area contributed by atoms with E-state index in [4.69, 9.17) is 17.0 Å². The van der Waals surface area contributed by atoms with Gasteiger partial charge < -0.3 is 14.6 Å². The molecule has 0 radical (unpaired) electrons. The van der Waals surface area contributed by atoms with E-state index in [1.54, 1.807) is 7.11 Å². The predicted octanol–water partition coefficient (Wildman–Crippen LogP) is 5.88. The average molecular weight is 459 g/mol. The minimum absolute atomic E-state index is 0.469. The molecular weight excluding hydrogens is 432 g/mol. The number of hydrogen-bond acceptors (Lipinski definition) is 2. The molecule has 0 amide bonds. The quantitative estimate of drug-likeness (QED) is 0.447. The molecule has 2 aromatic carbocycles. The number of rotatable bonds is 7. The Balaban J connectivity index is 2.02. The minimum Gasteiger partial charge on any atom is -0.497 e. The molecule has 148 valence electrons. The summed E-state index contributed by atoms with van der Waals surface area (Å²) < 4.78 is 9.01. The molecule has 0 saturated carbocycles. The summed E-state index contributed by atoms with van der Waals surface area (Å²) in [6.45, 7) is 5.34. The molecule has 0 fully saturated rings. The molecular formula is C23H27BrN2OS. The number of nitrogens with one attached hydrogen (secondary N) is 1. The topological polar surface area (TPSA) is 26.2 Å². The molecule has 0 aliphatic heterocycles. The Morgan fingerprint density at radius 2 is 1.93 bits per heavy atom. The van der Waals surface area contributed by atoms with Crippen molar-refractivity contribution >= 4 is 44.0 Å². The van der Waals surface area contributed by atoms with Crippen molar-refractivity contribution in [3.05, 3.63) is 63.8 Å². The zero-order valence-electron chi connectivity index (χ0n) is 16.9. The summed E-state index contributed by atoms with van der Waals surface area (Å²) >= 11 is 8.90. The number of nitrogens with zero attached hydrogens (tertiary/aromatic N) is 1. The van der Waals surface area contributed by atoms with Crippen LogP contribution in [0.25, 0.3) is 10.9 Å². The highest BCUT2D eigenvalue weighted by Crippen LogP contribution is 2.32. The zero-order valence-corrected chi connectivity index (χ0v) is 19.3. The zero-order chi connectivity index (χ0) is 20.3. The molecule has 3 rings (SSSR count). The van der Waals surface area contributed by atoms with Gasteiger partial charge in [0.2, 0.25) is 0 Å². The van der Waals surface area contributed by atoms with Crippen LogP contribution in [0, 0.1) is 12.8 Å². The van der Waals surface area contributed by atoms with E-state index in [0.717, 1.165) is 34.6 Å². The van der Waals surface area contributed by atoms with Gasteiger partial charge in [-0.2, -0.15) is 0 Å². The maximum atomic E-state index is 5.50. The van der Waals surface area contributed by atoms with E-state index in [0.29, 0.717) is 5.92 Å². The summed E-state index contributed by atoms with van der Waals surface area (Å²) in [5.74, 6) is 1.37. The Labute approximate surface area is 181 Å². The van der Waals surface area contributed by atoms with E-state index in [2.05, 4.69) is 76.1 Å². The van der Waals surface area contributed by atoms with Crippen LogP contribution in [-0.2, 0) is 13.0 Å². The molecule has 5 heteroatoms. The van der Waals surface area contributed by atoms with Gasteiger partial charge in [0.15, 0.2) is 0 Å². The van der Waals surface area contributed by atoms with Gasteiger partial charge in [-0.3, -0.25) is 0 Å². The first-order valence-corrected chi connectivity index (χ1v) is 10.7. The van der Waals surface area contributed by atoms with Gasteiger partial charge in [-0.25, -0.2) is 0 Å². The van der Waals surface area contributed by atoms with Crippen LogP contribution in [0.4, 0.5) is 0 Å². The van der Waals surface area contributed by atoms with Crippen LogP contribution in [0.2, 0.25) is 0 Å². The third kappa shape index (κ3) is 4.58. The lowest BCUT2D eigenvalue weighted by Crippen LogP contribution is -2.19. The van der Waals surface area contributed by atoms with Gasteiger partial charge in [-0.15, -0.1) is 0 Å². The fourth-order valence-corrected chi connectivity index (χ4v) is 4.28. The smallest absolute Gasteiger partial charge is 0.119 e. The largest absolute Gasteiger partial charge is 0.497 e. The Bertz CT molecular complexity index is 978. The number of hydrogen-bond donors (Lipinski definition) is 1. The fourth-order valence-electron chi connectivity index (χ4n) is 3.73. The lowest BCUT2D eigenvalue weighted by Gasteiger charge is -2.13. The second-order valence-electron chi connectivity index (χ2n) is 7.35. The molecule has 0 saturated heterocycles. The van der Waals surface area contributed by atoms with Crippen LogP contribution in [0.3, 0.4) is 0 Å². The summed E-state index contributed by atoms with van der Waals surface area (Å²) in [6.07, 6.45) is 1.89. The molecule has 28 heavy (non-hydrogen) atoms. The molecule has 3 aromatic rings. The highest BCUT2D eigenvalue weighted by Gasteiger charge is 2.18. The maximum Gasteiger partial charge on any atom is 0.119 e. The van der Waals surface area contributed by atoms with Crippen LogP contribution in [0.5, 0.6) is 5.75 Å². The van der Waals surface area contributed by atoms with Crippen molar-refractivity contribution in [2.75, 3.05) is 14.2 Å². The van der Waals surface area contributed by atoms with Crippen molar-refractivity contribution in [3.8, 4) is 5.75 Å². The summed E-state index contributed by atoms with van der Waals surface area (Å²) in [7, 11) is 3.62. The molecule has 1 heterocycles. The monoisotopic (exact) mass is 458 g/mol. The Kier molecular flexibility index (Phi) is 6.78. The SMILES string of the molecule is CNC(=S)CC(C)Cc1c(C)n(Cc2ccc(Br)cc2)c2ccc(OC)cc12. The summed E-state index contributed by atoms with van der Waals surface area (Å²) in [4.78, 5) is 0.918. The molecule has 1 N–H and O–H groups in total. The van der Waals surface area contributed by atoms with Gasteiger partial charge in [0, 0.05) is 41.1 Å². The van der Waals surface area contributed by atoms with Crippen LogP contribution in [0.1, 0.15) is 30.2 Å². The number of thiocarbonyl (C=S) groups is 1. The van der Waals surface area contributed by atoms with E-state index in [1.165, 1.54) is 27.7 Å². The third-order valence-electron chi connectivity index (χ3n) is 5.28. The number of halogens is 1. The molecule has 1 aromatic heterocycles. The second kappa shape index (κ2) is 9.10. The van der Waals surface area contributed by atoms with Crippen molar-refractivity contribution < 1.29 is 4.74 Å². The number of fused-ring (bicyclic) bond motifs is 1. The molecule has 1 atom stereocenters. The van der Waals surface area contributed by atoms with Gasteiger partial charge in [0.05, 0.1) is 12.1 Å². The van der Waals surface area contributed by atoms with Crippen molar-refractivity contribution in [3.63, 3.8) is 0 Å². The molecule has 0 aliphatic rings. The Morgan fingerprint density at radius 1 is 1.21 bits per heavy atom. The Morgan fingerprint density at radius 3 is 2.57 bits per heavy atom. The standard InChI is InChI=1S/C23H27BrN2OS/c1-15(12-23(28)25-3)11-20-16(2)26(14-17-5-7-18(24)8-6-17)22-10-9-19(27-4)13-21(20)22/h5-10,13,15H,11-12,14H2,1-4H3,(H,25,28). The third-order valence-corrected chi connectivity index (χ3v) is 6.18. The van der Waals surface area contributed by atoms with Crippen LogP contribution in [-0.4, -0.2) is 23.7 Å². The normalized spacial score (nSPS) is 12.2. The van der Waals surface area contributed by atoms with Crippen molar-refractivity contribution in [2.45, 2.75) is 33.2 Å². The van der Waals surface area contributed by atoms with Crippen molar-refractivity contribution in [1.29, 1.82) is 0 Å². The first-order valence-electron chi connectivity index (χ1n) is 9.53. The van der Waals surface area contributed by atoms with Gasteiger partial charge in [0.1, 0.15) is 5.75 Å². The highest BCUT2D eigenvalue weighted by molar-refractivity contribution is 9.10. The summed E-state index contributed by atoms with van der Waals surface area (Å²) in [5.41, 5.74) is 5.24. The fraction of sp³-hybridized carbons (Fsp3) is 0.348. The average Bonchev–Trinajstić information content (AvgIpc) is 2.94. The predicted molar refractivity (Wildman–Crippen MR) is 126 cm³/mol.